The summed E-state index contributed by atoms with van der Waals surface area (Å²) in [6.07, 6.45) is 0.918. The Balaban J connectivity index is 2.29. The van der Waals surface area contributed by atoms with Crippen molar-refractivity contribution in [1.82, 2.24) is 5.32 Å². The molecule has 0 spiro atoms. The maximum Gasteiger partial charge on any atom is 0.287 e. The van der Waals surface area contributed by atoms with E-state index in [-0.39, 0.29) is 16.8 Å². The second-order valence-electron chi connectivity index (χ2n) is 4.64. The number of nitro groups is 1. The first-order valence-electron chi connectivity index (χ1n) is 6.84. The van der Waals surface area contributed by atoms with Crippen LogP contribution in [0.2, 0.25) is 5.02 Å². The van der Waals surface area contributed by atoms with Gasteiger partial charge in [0.15, 0.2) is 0 Å². The third-order valence-electron chi connectivity index (χ3n) is 3.26. The van der Waals surface area contributed by atoms with Crippen molar-refractivity contribution in [3.8, 4) is 11.3 Å². The molecular weight excluding hydrogens is 292 g/mol. The van der Waals surface area contributed by atoms with Gasteiger partial charge in [0.2, 0.25) is 0 Å². The minimum atomic E-state index is -0.502. The predicted molar refractivity (Wildman–Crippen MR) is 82.5 cm³/mol. The molecule has 0 aliphatic rings. The number of rotatable bonds is 6. The number of nitrogens with one attached hydrogen (secondary N) is 1. The summed E-state index contributed by atoms with van der Waals surface area (Å²) in [6, 6.07) is 8.52. The fourth-order valence-electron chi connectivity index (χ4n) is 2.20. The molecule has 5 nitrogen and oxygen atoms in total. The van der Waals surface area contributed by atoms with Crippen LogP contribution in [-0.2, 0) is 0 Å². The predicted octanol–water partition coefficient (Wildman–Crippen LogP) is 4.57. The second-order valence-corrected chi connectivity index (χ2v) is 5.05. The average Bonchev–Trinajstić information content (AvgIpc) is 2.93. The molecule has 1 aromatic carbocycles. The quantitative estimate of drug-likeness (QED) is 0.627. The minimum absolute atomic E-state index is 0.105. The molecule has 1 N–H and O–H groups in total. The van der Waals surface area contributed by atoms with Gasteiger partial charge in [-0.2, -0.15) is 0 Å². The lowest BCUT2D eigenvalue weighted by atomic mass is 10.1. The highest BCUT2D eigenvalue weighted by atomic mass is 35.5. The zero-order valence-corrected chi connectivity index (χ0v) is 12.7. The first kappa shape index (κ1) is 15.5. The lowest BCUT2D eigenvalue weighted by Gasteiger charge is -2.12. The molecule has 21 heavy (non-hydrogen) atoms. The number of furan rings is 1. The van der Waals surface area contributed by atoms with E-state index in [1.807, 2.05) is 19.1 Å². The third-order valence-corrected chi connectivity index (χ3v) is 3.56. The molecule has 112 valence electrons. The van der Waals surface area contributed by atoms with Crippen LogP contribution in [0, 0.1) is 10.1 Å². The minimum Gasteiger partial charge on any atom is -0.459 e. The summed E-state index contributed by atoms with van der Waals surface area (Å²) in [4.78, 5) is 10.3. The number of hydrogen-bond donors (Lipinski definition) is 1. The van der Waals surface area contributed by atoms with E-state index in [1.54, 1.807) is 12.1 Å². The van der Waals surface area contributed by atoms with E-state index in [9.17, 15) is 10.1 Å². The van der Waals surface area contributed by atoms with Crippen molar-refractivity contribution < 1.29 is 9.34 Å². The highest BCUT2D eigenvalue weighted by Crippen LogP contribution is 2.32. The molecule has 0 aliphatic carbocycles. The first-order valence-corrected chi connectivity index (χ1v) is 7.22. The first-order chi connectivity index (χ1) is 10.1. The molecule has 6 heteroatoms. The summed E-state index contributed by atoms with van der Waals surface area (Å²) in [6.45, 7) is 4.98. The maximum atomic E-state index is 10.8. The van der Waals surface area contributed by atoms with Gasteiger partial charge in [0.25, 0.3) is 5.69 Å². The lowest BCUT2D eigenvalue weighted by molar-refractivity contribution is -0.384. The number of benzene rings is 1. The molecule has 1 aromatic heterocycles. The van der Waals surface area contributed by atoms with E-state index in [0.29, 0.717) is 5.76 Å². The summed E-state index contributed by atoms with van der Waals surface area (Å²) < 4.78 is 5.84. The van der Waals surface area contributed by atoms with Crippen molar-refractivity contribution in [1.29, 1.82) is 0 Å². The van der Waals surface area contributed by atoms with Gasteiger partial charge in [0, 0.05) is 11.6 Å². The summed E-state index contributed by atoms with van der Waals surface area (Å²) >= 11 is 5.92. The van der Waals surface area contributed by atoms with Gasteiger partial charge in [-0.05, 0) is 37.2 Å². The number of halogens is 1. The molecule has 1 atom stereocenters. The summed E-state index contributed by atoms with van der Waals surface area (Å²) in [7, 11) is 0. The highest BCUT2D eigenvalue weighted by molar-refractivity contribution is 6.32. The van der Waals surface area contributed by atoms with Crippen LogP contribution in [0.25, 0.3) is 11.3 Å². The van der Waals surface area contributed by atoms with Gasteiger partial charge in [-0.25, -0.2) is 0 Å². The molecule has 2 rings (SSSR count). The van der Waals surface area contributed by atoms with E-state index in [4.69, 9.17) is 16.0 Å². The molecule has 0 fully saturated rings. The Kier molecular flexibility index (Phi) is 4.98. The Morgan fingerprint density at radius 3 is 2.67 bits per heavy atom. The second kappa shape index (κ2) is 6.74. The van der Waals surface area contributed by atoms with Crippen molar-refractivity contribution in [3.05, 3.63) is 51.2 Å². The zero-order valence-electron chi connectivity index (χ0n) is 11.9. The van der Waals surface area contributed by atoms with E-state index >= 15 is 0 Å². The smallest absolute Gasteiger partial charge is 0.287 e. The molecular formula is C15H17ClN2O3. The van der Waals surface area contributed by atoms with Crippen molar-refractivity contribution in [2.45, 2.75) is 26.3 Å². The molecule has 0 radical (unpaired) electrons. The Bertz CT molecular complexity index is 640. The Labute approximate surface area is 128 Å². The molecule has 0 bridgehead atoms. The fraction of sp³-hybridized carbons (Fsp3) is 0.333. The van der Waals surface area contributed by atoms with E-state index in [2.05, 4.69) is 12.2 Å². The van der Waals surface area contributed by atoms with E-state index in [1.165, 1.54) is 6.07 Å². The summed E-state index contributed by atoms with van der Waals surface area (Å²) in [5.41, 5.74) is 0.620. The Hall–Kier alpha value is -1.85. The van der Waals surface area contributed by atoms with Crippen molar-refractivity contribution in [3.63, 3.8) is 0 Å². The lowest BCUT2D eigenvalue weighted by Crippen LogP contribution is -2.19. The van der Waals surface area contributed by atoms with Crippen molar-refractivity contribution in [2.75, 3.05) is 6.54 Å². The van der Waals surface area contributed by atoms with Crippen molar-refractivity contribution >= 4 is 17.3 Å². The van der Waals surface area contributed by atoms with Crippen LogP contribution in [0.15, 0.2) is 34.7 Å². The Morgan fingerprint density at radius 1 is 1.33 bits per heavy atom. The molecule has 1 unspecified atom stereocenters. The largest absolute Gasteiger partial charge is 0.459 e. The normalized spacial score (nSPS) is 12.3. The Morgan fingerprint density at radius 2 is 2.10 bits per heavy atom. The fourth-order valence-corrected chi connectivity index (χ4v) is 2.45. The summed E-state index contributed by atoms with van der Waals surface area (Å²) in [5.74, 6) is 1.50. The van der Waals surface area contributed by atoms with Crippen LogP contribution in [0.1, 0.15) is 32.1 Å². The van der Waals surface area contributed by atoms with Gasteiger partial charge >= 0.3 is 0 Å². The van der Waals surface area contributed by atoms with E-state index in [0.717, 1.165) is 24.3 Å². The number of hydrogen-bond acceptors (Lipinski definition) is 4. The topological polar surface area (TPSA) is 68.3 Å². The average molecular weight is 309 g/mol. The monoisotopic (exact) mass is 308 g/mol. The van der Waals surface area contributed by atoms with Gasteiger partial charge in [-0.3, -0.25) is 10.1 Å². The maximum absolute atomic E-state index is 10.8. The molecule has 0 saturated carbocycles. The van der Waals surface area contributed by atoms with Gasteiger partial charge in [-0.15, -0.1) is 0 Å². The SMILES string of the molecule is CCNC(CC)c1ccc(-c2ccc([N+](=O)[O-])c(Cl)c2)o1. The van der Waals surface area contributed by atoms with Gasteiger partial charge in [0.1, 0.15) is 16.5 Å². The van der Waals surface area contributed by atoms with Crippen LogP contribution >= 0.6 is 11.6 Å². The highest BCUT2D eigenvalue weighted by Gasteiger charge is 2.16. The van der Waals surface area contributed by atoms with Crippen LogP contribution in [0.3, 0.4) is 0 Å². The summed E-state index contributed by atoms with van der Waals surface area (Å²) in [5, 5.41) is 14.2. The van der Waals surface area contributed by atoms with E-state index < -0.39 is 4.92 Å². The van der Waals surface area contributed by atoms with Gasteiger partial charge in [0.05, 0.1) is 11.0 Å². The molecule has 0 saturated heterocycles. The van der Waals surface area contributed by atoms with Crippen LogP contribution in [0.5, 0.6) is 0 Å². The molecule has 2 aromatic rings. The van der Waals surface area contributed by atoms with Crippen LogP contribution < -0.4 is 5.32 Å². The zero-order chi connectivity index (χ0) is 15.4. The third kappa shape index (κ3) is 3.43. The van der Waals surface area contributed by atoms with Gasteiger partial charge in [-0.1, -0.05) is 25.4 Å². The molecule has 1 heterocycles. The van der Waals surface area contributed by atoms with Crippen LogP contribution in [-0.4, -0.2) is 11.5 Å². The number of nitrogens with zero attached hydrogens (tertiary/aromatic N) is 1. The van der Waals surface area contributed by atoms with Crippen LogP contribution in [0.4, 0.5) is 5.69 Å². The number of nitro benzene ring substituents is 1. The molecule has 0 amide bonds. The van der Waals surface area contributed by atoms with Gasteiger partial charge < -0.3 is 9.73 Å². The van der Waals surface area contributed by atoms with Crippen molar-refractivity contribution in [2.24, 2.45) is 0 Å². The molecule has 0 aliphatic heterocycles. The standard InChI is InChI=1S/C15H17ClN2O3/c1-3-12(17-4-2)15-8-7-14(21-15)10-5-6-13(18(19)20)11(16)9-10/h5-9,12,17H,3-4H2,1-2H3.